The number of hydrogen-bond donors (Lipinski definition) is 2. The molecule has 2 aliphatic rings. The first-order chi connectivity index (χ1) is 23.2. The molecular weight excluding hydrogens is 656 g/mol. The number of pyridine rings is 1. The van der Waals surface area contributed by atoms with E-state index in [0.29, 0.717) is 27.3 Å². The van der Waals surface area contributed by atoms with E-state index in [2.05, 4.69) is 5.32 Å². The third-order valence-electron chi connectivity index (χ3n) is 8.68. The third kappa shape index (κ3) is 6.91. The Hall–Kier alpha value is -5.11. The second-order valence-electron chi connectivity index (χ2n) is 12.1. The zero-order valence-electron chi connectivity index (χ0n) is 25.9. The van der Waals surface area contributed by atoms with Gasteiger partial charge in [-0.15, -0.1) is 0 Å². The average molecular weight is 686 g/mol. The zero-order valence-corrected chi connectivity index (χ0v) is 25.9. The van der Waals surface area contributed by atoms with E-state index in [1.807, 2.05) is 0 Å². The Balaban J connectivity index is 1.56. The van der Waals surface area contributed by atoms with E-state index in [1.54, 1.807) is 30.0 Å². The van der Waals surface area contributed by atoms with Gasteiger partial charge in [-0.3, -0.25) is 23.9 Å². The molecule has 2 aliphatic heterocycles. The van der Waals surface area contributed by atoms with Crippen molar-refractivity contribution in [2.75, 3.05) is 19.6 Å². The minimum Gasteiger partial charge on any atom is -0.481 e. The number of aryl methyl sites for hydroxylation is 1. The van der Waals surface area contributed by atoms with Crippen LogP contribution in [0.5, 0.6) is 11.5 Å². The van der Waals surface area contributed by atoms with Gasteiger partial charge in [0.2, 0.25) is 5.91 Å². The van der Waals surface area contributed by atoms with Gasteiger partial charge in [-0.05, 0) is 66.4 Å². The van der Waals surface area contributed by atoms with Crippen LogP contribution in [0.25, 0.3) is 11.1 Å². The van der Waals surface area contributed by atoms with Gasteiger partial charge in [0.25, 0.3) is 5.56 Å². The average Bonchev–Trinajstić information content (AvgIpc) is 3.01. The number of benzene rings is 3. The molecule has 2 N–H and O–H groups in total. The lowest BCUT2D eigenvalue weighted by molar-refractivity contribution is -0.139. The summed E-state index contributed by atoms with van der Waals surface area (Å²) in [4.78, 5) is 41.2. The number of carbonyl (C=O) groups is 2. The van der Waals surface area contributed by atoms with E-state index in [-0.39, 0.29) is 43.1 Å². The number of fused-ring (bicyclic) bond motifs is 6. The number of hydrogen-bond acceptors (Lipinski definition) is 5. The van der Waals surface area contributed by atoms with Gasteiger partial charge in [-0.2, -0.15) is 13.2 Å². The van der Waals surface area contributed by atoms with E-state index in [9.17, 15) is 37.1 Å². The second kappa shape index (κ2) is 13.1. The van der Waals surface area contributed by atoms with Crippen LogP contribution in [0, 0.1) is 18.6 Å². The summed E-state index contributed by atoms with van der Waals surface area (Å²) in [5.41, 5.74) is -2.13. The van der Waals surface area contributed by atoms with E-state index in [4.69, 9.17) is 4.74 Å². The molecule has 1 fully saturated rings. The Morgan fingerprint density at radius 1 is 1.00 bits per heavy atom. The summed E-state index contributed by atoms with van der Waals surface area (Å²) in [5, 5.41) is 12.2. The molecule has 3 aromatic carbocycles. The zero-order chi connectivity index (χ0) is 35.2. The predicted molar refractivity (Wildman–Crippen MR) is 165 cm³/mol. The van der Waals surface area contributed by atoms with Crippen LogP contribution in [-0.2, 0) is 22.2 Å². The normalized spacial score (nSPS) is 18.2. The Bertz CT molecular complexity index is 2010. The summed E-state index contributed by atoms with van der Waals surface area (Å²) in [6, 6.07) is 9.01. The van der Waals surface area contributed by atoms with Gasteiger partial charge >= 0.3 is 12.1 Å². The van der Waals surface area contributed by atoms with Crippen molar-refractivity contribution in [3.8, 4) is 22.6 Å². The van der Waals surface area contributed by atoms with Crippen LogP contribution in [0.15, 0.2) is 71.7 Å². The highest BCUT2D eigenvalue weighted by Gasteiger charge is 2.37. The molecule has 6 rings (SSSR count). The van der Waals surface area contributed by atoms with E-state index in [1.165, 1.54) is 18.2 Å². The van der Waals surface area contributed by atoms with Gasteiger partial charge in [-0.1, -0.05) is 18.2 Å². The van der Waals surface area contributed by atoms with E-state index < -0.39 is 76.6 Å². The topological polar surface area (TPSA) is 101 Å². The van der Waals surface area contributed by atoms with E-state index >= 15 is 8.78 Å². The summed E-state index contributed by atoms with van der Waals surface area (Å²) >= 11 is 0. The number of alkyl halides is 4. The van der Waals surface area contributed by atoms with Crippen molar-refractivity contribution >= 4 is 11.9 Å². The molecule has 14 heteroatoms. The largest absolute Gasteiger partial charge is 0.481 e. The fourth-order valence-electron chi connectivity index (χ4n) is 6.29. The highest BCUT2D eigenvalue weighted by atomic mass is 19.4. The summed E-state index contributed by atoms with van der Waals surface area (Å²) in [5.74, 6) is -4.29. The number of ether oxygens (including phenoxy) is 1. The smallest absolute Gasteiger partial charge is 0.416 e. The SMILES string of the molecule is Cc1cccc2c1-c1ccc(F)c(c1)C(CC(=O)O)NC(=O)C(n1cc(CCN3CC(F)C3)c(C(F)(F)F)cc1=O)c1cc(ccc1F)O2. The number of halogens is 6. The fraction of sp³-hybridized carbons (Fsp3) is 0.286. The molecule has 1 aromatic heterocycles. The molecule has 8 nitrogen and oxygen atoms in total. The number of carbonyl (C=O) groups excluding carboxylic acids is 1. The quantitative estimate of drug-likeness (QED) is 0.230. The molecule has 4 bridgehead atoms. The van der Waals surface area contributed by atoms with Gasteiger partial charge < -0.3 is 15.2 Å². The molecule has 3 heterocycles. The first kappa shape index (κ1) is 33.8. The Morgan fingerprint density at radius 3 is 2.41 bits per heavy atom. The maximum Gasteiger partial charge on any atom is 0.416 e. The summed E-state index contributed by atoms with van der Waals surface area (Å²) < 4.78 is 93.8. The van der Waals surface area contributed by atoms with Gasteiger partial charge in [0.05, 0.1) is 18.0 Å². The van der Waals surface area contributed by atoms with Gasteiger partial charge in [0.1, 0.15) is 35.3 Å². The van der Waals surface area contributed by atoms with Crippen LogP contribution in [0.1, 0.15) is 46.3 Å². The maximum absolute atomic E-state index is 15.8. The monoisotopic (exact) mass is 685 g/mol. The van der Waals surface area contributed by atoms with Crippen molar-refractivity contribution in [3.63, 3.8) is 0 Å². The Labute approximate surface area is 275 Å². The third-order valence-corrected chi connectivity index (χ3v) is 8.68. The fourth-order valence-corrected chi connectivity index (χ4v) is 6.29. The number of carboxylic acids is 1. The van der Waals surface area contributed by atoms with Crippen LogP contribution < -0.4 is 15.6 Å². The number of amides is 1. The minimum atomic E-state index is -4.97. The first-order valence-corrected chi connectivity index (χ1v) is 15.3. The number of aromatic nitrogens is 1. The number of nitrogens with one attached hydrogen (secondary N) is 1. The molecule has 0 saturated carbocycles. The molecule has 2 atom stereocenters. The molecule has 1 amide bonds. The molecule has 0 radical (unpaired) electrons. The first-order valence-electron chi connectivity index (χ1n) is 15.3. The molecule has 0 spiro atoms. The molecule has 256 valence electrons. The van der Waals surface area contributed by atoms with Crippen LogP contribution in [0.3, 0.4) is 0 Å². The lowest BCUT2D eigenvalue weighted by Gasteiger charge is -2.34. The highest BCUT2D eigenvalue weighted by Crippen LogP contribution is 2.40. The van der Waals surface area contributed by atoms with Crippen LogP contribution in [0.2, 0.25) is 0 Å². The number of nitrogens with zero attached hydrogens (tertiary/aromatic N) is 2. The van der Waals surface area contributed by atoms with Crippen molar-refractivity contribution in [2.45, 2.75) is 44.2 Å². The number of aliphatic carboxylic acids is 1. The summed E-state index contributed by atoms with van der Waals surface area (Å²) in [6.45, 7) is 1.81. The van der Waals surface area contributed by atoms with Crippen LogP contribution in [0.4, 0.5) is 26.3 Å². The van der Waals surface area contributed by atoms with Crippen molar-refractivity contribution < 1.29 is 45.8 Å². The molecule has 49 heavy (non-hydrogen) atoms. The van der Waals surface area contributed by atoms with Crippen molar-refractivity contribution in [1.82, 2.24) is 14.8 Å². The minimum absolute atomic E-state index is 0.00321. The van der Waals surface area contributed by atoms with E-state index in [0.717, 1.165) is 24.4 Å². The lowest BCUT2D eigenvalue weighted by Crippen LogP contribution is -2.49. The van der Waals surface area contributed by atoms with Crippen LogP contribution >= 0.6 is 0 Å². The Kier molecular flexibility index (Phi) is 9.01. The standard InChI is InChI=1S/C35H29F6N3O5/c1-18-3-2-4-29-32(18)19-5-7-26(37)23(11-19)28(14-31(46)47)42-34(48)33(24-12-22(49-29)6-8-27(24)38)44-15-20(9-10-43-16-21(36)17-43)25(13-30(44)45)35(39,40)41/h2-8,11-13,15,21,28,33H,9-10,14,16-17H2,1H3,(H,42,48)(H,46,47). The summed E-state index contributed by atoms with van der Waals surface area (Å²) in [7, 11) is 0. The molecule has 4 aromatic rings. The van der Waals surface area contributed by atoms with Gasteiger partial charge in [-0.25, -0.2) is 13.2 Å². The van der Waals surface area contributed by atoms with Crippen molar-refractivity contribution in [2.24, 2.45) is 0 Å². The highest BCUT2D eigenvalue weighted by molar-refractivity contribution is 5.85. The predicted octanol–water partition coefficient (Wildman–Crippen LogP) is 6.34. The number of rotatable bonds is 6. The second-order valence-corrected chi connectivity index (χ2v) is 12.1. The van der Waals surface area contributed by atoms with Gasteiger partial charge in [0.15, 0.2) is 0 Å². The molecule has 0 aliphatic carbocycles. The lowest BCUT2D eigenvalue weighted by atomic mass is 9.94. The Morgan fingerprint density at radius 2 is 1.71 bits per heavy atom. The van der Waals surface area contributed by atoms with Gasteiger partial charge in [0, 0.05) is 48.6 Å². The van der Waals surface area contributed by atoms with Crippen molar-refractivity contribution in [1.29, 1.82) is 0 Å². The van der Waals surface area contributed by atoms with Crippen molar-refractivity contribution in [3.05, 3.63) is 117 Å². The number of carboxylic acid groups (broad SMARTS) is 1. The summed E-state index contributed by atoms with van der Waals surface area (Å²) in [6.07, 6.45) is -6.41. The maximum atomic E-state index is 15.8. The molecular formula is C35H29F6N3O5. The molecule has 1 saturated heterocycles. The number of likely N-dealkylation sites (tertiary alicyclic amines) is 1. The van der Waals surface area contributed by atoms with Crippen LogP contribution in [-0.4, -0.2) is 52.3 Å². The molecule has 2 unspecified atom stereocenters.